The third-order valence-corrected chi connectivity index (χ3v) is 1.85. The summed E-state index contributed by atoms with van der Waals surface area (Å²) in [6.45, 7) is 3.56. The van der Waals surface area contributed by atoms with Gasteiger partial charge in [-0.3, -0.25) is 0 Å². The van der Waals surface area contributed by atoms with Crippen LogP contribution in [0.4, 0.5) is 4.39 Å². The third-order valence-electron chi connectivity index (χ3n) is 1.44. The number of hydrogen-bond acceptors (Lipinski definition) is 1. The van der Waals surface area contributed by atoms with E-state index in [2.05, 4.69) is 20.9 Å². The van der Waals surface area contributed by atoms with E-state index in [1.165, 1.54) is 0 Å². The Kier molecular flexibility index (Phi) is 2.04. The lowest BCUT2D eigenvalue weighted by Gasteiger charge is -1.99. The average molecular weight is 204 g/mol. The van der Waals surface area contributed by atoms with Gasteiger partial charge in [0.15, 0.2) is 0 Å². The largest absolute Gasteiger partial charge is 0.217 e. The smallest absolute Gasteiger partial charge is 0.212 e. The van der Waals surface area contributed by atoms with Crippen LogP contribution < -0.4 is 0 Å². The molecule has 0 saturated carbocycles. The molecule has 0 bridgehead atoms. The fourth-order valence-corrected chi connectivity index (χ4v) is 1.16. The monoisotopic (exact) mass is 203 g/mol. The maximum absolute atomic E-state index is 12.7. The summed E-state index contributed by atoms with van der Waals surface area (Å²) in [6, 6.07) is 1.79. The first-order valence-corrected chi connectivity index (χ1v) is 3.70. The molecule has 0 aliphatic heterocycles. The minimum absolute atomic E-state index is 0.396. The molecule has 1 nitrogen and oxygen atoms in total. The van der Waals surface area contributed by atoms with Gasteiger partial charge in [0.1, 0.15) is 4.60 Å². The summed E-state index contributed by atoms with van der Waals surface area (Å²) in [5.74, 6) is -0.396. The molecule has 1 heterocycles. The first-order chi connectivity index (χ1) is 4.61. The molecule has 0 saturated heterocycles. The number of pyridine rings is 1. The Morgan fingerprint density at radius 1 is 1.50 bits per heavy atom. The van der Waals surface area contributed by atoms with Gasteiger partial charge >= 0.3 is 0 Å². The van der Waals surface area contributed by atoms with E-state index in [4.69, 9.17) is 0 Å². The van der Waals surface area contributed by atoms with Crippen LogP contribution in [0.15, 0.2) is 10.7 Å². The molecule has 1 aromatic heterocycles. The maximum atomic E-state index is 12.7. The van der Waals surface area contributed by atoms with Crippen molar-refractivity contribution >= 4 is 15.9 Å². The lowest BCUT2D eigenvalue weighted by atomic mass is 10.2. The Morgan fingerprint density at radius 2 is 2.10 bits per heavy atom. The highest BCUT2D eigenvalue weighted by Crippen LogP contribution is 2.14. The van der Waals surface area contributed by atoms with E-state index < -0.39 is 5.95 Å². The molecule has 0 N–H and O–H groups in total. The number of aryl methyl sites for hydroxylation is 1. The number of aromatic nitrogens is 1. The van der Waals surface area contributed by atoms with Crippen LogP contribution in [0.1, 0.15) is 11.1 Å². The standard InChI is InChI=1S/C7H7BrFN/c1-4-3-6(8)10-7(9)5(4)2/h3H,1-2H3. The van der Waals surface area contributed by atoms with Crippen LogP contribution in [-0.2, 0) is 0 Å². The average Bonchev–Trinajstić information content (AvgIpc) is 1.82. The second-order valence-electron chi connectivity index (χ2n) is 2.18. The zero-order valence-corrected chi connectivity index (χ0v) is 7.37. The molecular formula is C7H7BrFN. The molecule has 1 rings (SSSR count). The van der Waals surface area contributed by atoms with Gasteiger partial charge < -0.3 is 0 Å². The summed E-state index contributed by atoms with van der Waals surface area (Å²) in [5, 5.41) is 0. The van der Waals surface area contributed by atoms with Crippen LogP contribution in [0.25, 0.3) is 0 Å². The zero-order chi connectivity index (χ0) is 7.72. The lowest BCUT2D eigenvalue weighted by molar-refractivity contribution is 0.570. The highest BCUT2D eigenvalue weighted by atomic mass is 79.9. The summed E-state index contributed by atoms with van der Waals surface area (Å²) in [4.78, 5) is 3.58. The van der Waals surface area contributed by atoms with Crippen molar-refractivity contribution < 1.29 is 4.39 Å². The molecule has 0 fully saturated rings. The molecule has 54 valence electrons. The van der Waals surface area contributed by atoms with E-state index in [9.17, 15) is 4.39 Å². The first-order valence-electron chi connectivity index (χ1n) is 2.90. The van der Waals surface area contributed by atoms with Crippen molar-refractivity contribution in [2.75, 3.05) is 0 Å². The molecule has 0 spiro atoms. The topological polar surface area (TPSA) is 12.9 Å². The van der Waals surface area contributed by atoms with Crippen LogP contribution in [0.2, 0.25) is 0 Å². The Bertz CT molecular complexity index is 237. The summed E-state index contributed by atoms with van der Waals surface area (Å²) in [6.07, 6.45) is 0. The van der Waals surface area contributed by atoms with E-state index in [1.807, 2.05) is 6.92 Å². The van der Waals surface area contributed by atoms with Crippen molar-refractivity contribution in [3.8, 4) is 0 Å². The molecule has 0 amide bonds. The summed E-state index contributed by atoms with van der Waals surface area (Å²) < 4.78 is 13.2. The Balaban J connectivity index is 3.31. The van der Waals surface area contributed by atoms with Crippen molar-refractivity contribution in [3.63, 3.8) is 0 Å². The minimum atomic E-state index is -0.396. The number of hydrogen-bond donors (Lipinski definition) is 0. The lowest BCUT2D eigenvalue weighted by Crippen LogP contribution is -1.91. The van der Waals surface area contributed by atoms with Crippen molar-refractivity contribution in [3.05, 3.63) is 27.7 Å². The molecule has 0 atom stereocenters. The molecule has 0 aliphatic carbocycles. The van der Waals surface area contributed by atoms with Gasteiger partial charge in [0.2, 0.25) is 5.95 Å². The van der Waals surface area contributed by atoms with Crippen molar-refractivity contribution in [1.29, 1.82) is 0 Å². The predicted molar refractivity (Wildman–Crippen MR) is 41.4 cm³/mol. The maximum Gasteiger partial charge on any atom is 0.217 e. The molecule has 10 heavy (non-hydrogen) atoms. The normalized spacial score (nSPS) is 10.0. The van der Waals surface area contributed by atoms with E-state index in [1.54, 1.807) is 13.0 Å². The fraction of sp³-hybridized carbons (Fsp3) is 0.286. The summed E-state index contributed by atoms with van der Waals surface area (Å²) in [5.41, 5.74) is 1.53. The third kappa shape index (κ3) is 1.34. The first kappa shape index (κ1) is 7.66. The van der Waals surface area contributed by atoms with Gasteiger partial charge in [-0.15, -0.1) is 0 Å². The number of rotatable bonds is 0. The van der Waals surface area contributed by atoms with Gasteiger partial charge in [0.05, 0.1) is 0 Å². The van der Waals surface area contributed by atoms with Gasteiger partial charge in [-0.25, -0.2) is 4.98 Å². The quantitative estimate of drug-likeness (QED) is 0.592. The highest BCUT2D eigenvalue weighted by Gasteiger charge is 2.02. The highest BCUT2D eigenvalue weighted by molar-refractivity contribution is 9.10. The fourth-order valence-electron chi connectivity index (χ4n) is 0.660. The Morgan fingerprint density at radius 3 is 2.60 bits per heavy atom. The number of nitrogens with zero attached hydrogens (tertiary/aromatic N) is 1. The molecule has 0 radical (unpaired) electrons. The van der Waals surface area contributed by atoms with Crippen molar-refractivity contribution in [1.82, 2.24) is 4.98 Å². The second kappa shape index (κ2) is 2.66. The van der Waals surface area contributed by atoms with Gasteiger partial charge in [-0.05, 0) is 41.4 Å². The molecule has 0 aromatic carbocycles. The second-order valence-corrected chi connectivity index (χ2v) is 2.99. The molecule has 0 aliphatic rings. The van der Waals surface area contributed by atoms with Crippen LogP contribution in [0.5, 0.6) is 0 Å². The number of halogens is 2. The minimum Gasteiger partial charge on any atom is -0.212 e. The van der Waals surface area contributed by atoms with Gasteiger partial charge in [-0.2, -0.15) is 4.39 Å². The Hall–Kier alpha value is -0.440. The van der Waals surface area contributed by atoms with E-state index in [-0.39, 0.29) is 0 Å². The van der Waals surface area contributed by atoms with Gasteiger partial charge in [-0.1, -0.05) is 0 Å². The molecule has 1 aromatic rings. The Labute approximate surface area is 67.4 Å². The van der Waals surface area contributed by atoms with Crippen LogP contribution in [-0.4, -0.2) is 4.98 Å². The van der Waals surface area contributed by atoms with E-state index in [0.717, 1.165) is 5.56 Å². The SMILES string of the molecule is Cc1cc(Br)nc(F)c1C. The van der Waals surface area contributed by atoms with E-state index in [0.29, 0.717) is 10.2 Å². The summed E-state index contributed by atoms with van der Waals surface area (Å²) in [7, 11) is 0. The zero-order valence-electron chi connectivity index (χ0n) is 5.78. The van der Waals surface area contributed by atoms with Crippen LogP contribution >= 0.6 is 15.9 Å². The van der Waals surface area contributed by atoms with Crippen LogP contribution in [0.3, 0.4) is 0 Å². The van der Waals surface area contributed by atoms with E-state index >= 15 is 0 Å². The predicted octanol–water partition coefficient (Wildman–Crippen LogP) is 2.60. The van der Waals surface area contributed by atoms with Crippen molar-refractivity contribution in [2.45, 2.75) is 13.8 Å². The summed E-state index contributed by atoms with van der Waals surface area (Å²) >= 11 is 3.10. The van der Waals surface area contributed by atoms with Gasteiger partial charge in [0, 0.05) is 5.56 Å². The molecule has 0 unspecified atom stereocenters. The van der Waals surface area contributed by atoms with Crippen LogP contribution in [0, 0.1) is 19.8 Å². The molecular weight excluding hydrogens is 197 g/mol. The van der Waals surface area contributed by atoms with Crippen molar-refractivity contribution in [2.24, 2.45) is 0 Å². The van der Waals surface area contributed by atoms with Gasteiger partial charge in [0.25, 0.3) is 0 Å². The molecule has 3 heteroatoms.